The van der Waals surface area contributed by atoms with Crippen molar-refractivity contribution in [2.24, 2.45) is 0 Å². The lowest BCUT2D eigenvalue weighted by Crippen LogP contribution is -2.15. The highest BCUT2D eigenvalue weighted by Gasteiger charge is 2.07. The van der Waals surface area contributed by atoms with E-state index < -0.39 is 0 Å². The molecule has 0 fully saturated rings. The molecule has 4 nitrogen and oxygen atoms in total. The van der Waals surface area contributed by atoms with Crippen molar-refractivity contribution in [3.8, 4) is 0 Å². The summed E-state index contributed by atoms with van der Waals surface area (Å²) in [5, 5.41) is 6.86. The Kier molecular flexibility index (Phi) is 5.87. The molecule has 0 aliphatic carbocycles. The molecule has 1 atom stereocenters. The van der Waals surface area contributed by atoms with E-state index in [1.807, 2.05) is 36.4 Å². The fraction of sp³-hybridized carbons (Fsp3) is 0.143. The Hall–Kier alpha value is -2.85. The zero-order valence-corrected chi connectivity index (χ0v) is 15.2. The van der Waals surface area contributed by atoms with Gasteiger partial charge in [0.1, 0.15) is 5.82 Å². The number of nitrogens with one attached hydrogen (secondary N) is 2. The molecule has 3 rings (SSSR count). The van der Waals surface area contributed by atoms with E-state index in [-0.39, 0.29) is 18.4 Å². The largest absolute Gasteiger partial charge is 0.377 e. The molecular weight excluding hydrogens is 346 g/mol. The lowest BCUT2D eigenvalue weighted by Gasteiger charge is -2.15. The summed E-state index contributed by atoms with van der Waals surface area (Å²) in [6.45, 7) is 2.09. The van der Waals surface area contributed by atoms with E-state index in [1.165, 1.54) is 5.56 Å². The third-order valence-corrected chi connectivity index (χ3v) is 4.24. The average molecular weight is 366 g/mol. The zero-order chi connectivity index (χ0) is 18.4. The fourth-order valence-electron chi connectivity index (χ4n) is 2.60. The van der Waals surface area contributed by atoms with Crippen LogP contribution in [0.15, 0.2) is 72.9 Å². The number of aromatic nitrogens is 1. The normalized spacial score (nSPS) is 11.6. The zero-order valence-electron chi connectivity index (χ0n) is 14.4. The molecule has 0 radical (unpaired) electrons. The molecule has 1 heterocycles. The number of carbonyl (C=O) groups excluding carboxylic acids is 1. The van der Waals surface area contributed by atoms with Crippen LogP contribution in [0.3, 0.4) is 0 Å². The minimum absolute atomic E-state index is 0.113. The van der Waals surface area contributed by atoms with Crippen LogP contribution in [0, 0.1) is 0 Å². The topological polar surface area (TPSA) is 54.0 Å². The summed E-state index contributed by atoms with van der Waals surface area (Å²) in [4.78, 5) is 16.4. The predicted molar refractivity (Wildman–Crippen MR) is 107 cm³/mol. The number of benzene rings is 2. The van der Waals surface area contributed by atoms with Gasteiger partial charge in [0.25, 0.3) is 0 Å². The molecule has 1 unspecified atom stereocenters. The molecule has 0 bridgehead atoms. The highest BCUT2D eigenvalue weighted by atomic mass is 35.5. The van der Waals surface area contributed by atoms with E-state index in [0.717, 1.165) is 11.3 Å². The Morgan fingerprint density at radius 3 is 2.42 bits per heavy atom. The molecule has 5 heteroatoms. The Morgan fingerprint density at radius 1 is 1.04 bits per heavy atom. The van der Waals surface area contributed by atoms with Gasteiger partial charge in [-0.05, 0) is 42.3 Å². The van der Waals surface area contributed by atoms with Crippen LogP contribution in [0.5, 0.6) is 0 Å². The summed E-state index contributed by atoms with van der Waals surface area (Å²) >= 11 is 5.85. The number of pyridine rings is 1. The van der Waals surface area contributed by atoms with Crippen molar-refractivity contribution in [3.63, 3.8) is 0 Å². The third-order valence-electron chi connectivity index (χ3n) is 3.99. The summed E-state index contributed by atoms with van der Waals surface area (Å²) < 4.78 is 0. The Bertz CT molecular complexity index is 849. The number of hydrogen-bond donors (Lipinski definition) is 2. The number of carbonyl (C=O) groups is 1. The summed E-state index contributed by atoms with van der Waals surface area (Å²) in [6, 6.07) is 21.3. The molecule has 26 heavy (non-hydrogen) atoms. The van der Waals surface area contributed by atoms with Crippen LogP contribution in [-0.2, 0) is 11.2 Å². The van der Waals surface area contributed by atoms with E-state index in [9.17, 15) is 4.79 Å². The first-order valence-corrected chi connectivity index (χ1v) is 8.80. The number of nitrogens with zero attached hydrogens (tertiary/aromatic N) is 1. The van der Waals surface area contributed by atoms with Gasteiger partial charge in [0.05, 0.1) is 18.3 Å². The van der Waals surface area contributed by atoms with E-state index in [0.29, 0.717) is 10.8 Å². The minimum Gasteiger partial charge on any atom is -0.377 e. The smallest absolute Gasteiger partial charge is 0.229 e. The van der Waals surface area contributed by atoms with Crippen molar-refractivity contribution in [1.29, 1.82) is 0 Å². The average Bonchev–Trinajstić information content (AvgIpc) is 2.66. The van der Waals surface area contributed by atoms with E-state index in [2.05, 4.69) is 34.7 Å². The molecule has 0 aliphatic rings. The molecule has 0 saturated heterocycles. The molecule has 2 aromatic carbocycles. The number of rotatable bonds is 6. The monoisotopic (exact) mass is 365 g/mol. The van der Waals surface area contributed by atoms with Crippen molar-refractivity contribution in [2.45, 2.75) is 19.4 Å². The molecule has 0 spiro atoms. The highest BCUT2D eigenvalue weighted by Crippen LogP contribution is 2.19. The number of anilines is 2. The molecule has 1 amide bonds. The van der Waals surface area contributed by atoms with Crippen LogP contribution in [0.2, 0.25) is 5.02 Å². The van der Waals surface area contributed by atoms with Crippen molar-refractivity contribution in [1.82, 2.24) is 4.98 Å². The maximum Gasteiger partial charge on any atom is 0.229 e. The van der Waals surface area contributed by atoms with Gasteiger partial charge in [0.2, 0.25) is 5.91 Å². The van der Waals surface area contributed by atoms with E-state index in [4.69, 9.17) is 11.6 Å². The summed E-state index contributed by atoms with van der Waals surface area (Å²) in [6.07, 6.45) is 2.00. The third kappa shape index (κ3) is 5.07. The quantitative estimate of drug-likeness (QED) is 0.639. The van der Waals surface area contributed by atoms with Crippen LogP contribution in [0.1, 0.15) is 24.1 Å². The van der Waals surface area contributed by atoms with Crippen molar-refractivity contribution in [3.05, 3.63) is 89.1 Å². The van der Waals surface area contributed by atoms with E-state index >= 15 is 0 Å². The second-order valence-electron chi connectivity index (χ2n) is 6.06. The van der Waals surface area contributed by atoms with Crippen LogP contribution >= 0.6 is 11.6 Å². The summed E-state index contributed by atoms with van der Waals surface area (Å²) in [5.41, 5.74) is 3.01. The van der Waals surface area contributed by atoms with Crippen LogP contribution in [-0.4, -0.2) is 10.9 Å². The van der Waals surface area contributed by atoms with Crippen LogP contribution < -0.4 is 10.6 Å². The van der Waals surface area contributed by atoms with Gasteiger partial charge in [-0.3, -0.25) is 4.79 Å². The van der Waals surface area contributed by atoms with Gasteiger partial charge in [0.15, 0.2) is 0 Å². The van der Waals surface area contributed by atoms with Gasteiger partial charge in [-0.25, -0.2) is 4.98 Å². The number of hydrogen-bond acceptors (Lipinski definition) is 3. The number of amides is 1. The van der Waals surface area contributed by atoms with Gasteiger partial charge in [-0.1, -0.05) is 54.1 Å². The maximum atomic E-state index is 12.1. The minimum atomic E-state index is -0.113. The Balaban J connectivity index is 1.55. The molecule has 0 saturated carbocycles. The van der Waals surface area contributed by atoms with E-state index in [1.54, 1.807) is 24.4 Å². The number of halogens is 1. The maximum absolute atomic E-state index is 12.1. The lowest BCUT2D eigenvalue weighted by molar-refractivity contribution is -0.115. The van der Waals surface area contributed by atoms with Crippen LogP contribution in [0.25, 0.3) is 0 Å². The SMILES string of the molecule is CC(Nc1ccc(NC(=O)Cc2ccc(Cl)cc2)nc1)c1ccccc1. The van der Waals surface area contributed by atoms with Gasteiger partial charge in [-0.15, -0.1) is 0 Å². The highest BCUT2D eigenvalue weighted by molar-refractivity contribution is 6.30. The van der Waals surface area contributed by atoms with Crippen LogP contribution in [0.4, 0.5) is 11.5 Å². The molecule has 0 aliphatic heterocycles. The summed E-state index contributed by atoms with van der Waals surface area (Å²) in [5.74, 6) is 0.417. The molecule has 132 valence electrons. The predicted octanol–water partition coefficient (Wildman–Crippen LogP) is 5.09. The second kappa shape index (κ2) is 8.50. The molecule has 3 aromatic rings. The standard InChI is InChI=1S/C21H20ClN3O/c1-15(17-5-3-2-4-6-17)24-19-11-12-20(23-14-19)25-21(26)13-16-7-9-18(22)10-8-16/h2-12,14-15,24H,13H2,1H3,(H,23,25,26). The van der Waals surface area contributed by atoms with Gasteiger partial charge in [0, 0.05) is 11.1 Å². The van der Waals surface area contributed by atoms with Crippen molar-refractivity contribution < 1.29 is 4.79 Å². The molecule has 2 N–H and O–H groups in total. The first-order chi connectivity index (χ1) is 12.6. The molecule has 1 aromatic heterocycles. The fourth-order valence-corrected chi connectivity index (χ4v) is 2.73. The van der Waals surface area contributed by atoms with Gasteiger partial charge in [-0.2, -0.15) is 0 Å². The Morgan fingerprint density at radius 2 is 1.77 bits per heavy atom. The van der Waals surface area contributed by atoms with Crippen molar-refractivity contribution >= 4 is 29.0 Å². The second-order valence-corrected chi connectivity index (χ2v) is 6.50. The van der Waals surface area contributed by atoms with Gasteiger partial charge < -0.3 is 10.6 Å². The Labute approximate surface area is 158 Å². The first kappa shape index (κ1) is 18.0. The van der Waals surface area contributed by atoms with Gasteiger partial charge >= 0.3 is 0 Å². The lowest BCUT2D eigenvalue weighted by atomic mass is 10.1. The first-order valence-electron chi connectivity index (χ1n) is 8.42. The van der Waals surface area contributed by atoms with Crippen molar-refractivity contribution in [2.75, 3.05) is 10.6 Å². The summed E-state index contributed by atoms with van der Waals surface area (Å²) in [7, 11) is 0. The molecular formula is C21H20ClN3O.